The van der Waals surface area contributed by atoms with Gasteiger partial charge in [-0.1, -0.05) is 6.92 Å². The monoisotopic (exact) mass is 416 g/mol. The summed E-state index contributed by atoms with van der Waals surface area (Å²) in [5.74, 6) is -1.51. The number of carboxylic acids is 1. The van der Waals surface area contributed by atoms with Gasteiger partial charge in [0.2, 0.25) is 11.8 Å². The van der Waals surface area contributed by atoms with Gasteiger partial charge in [0.25, 0.3) is 0 Å². The summed E-state index contributed by atoms with van der Waals surface area (Å²) in [5.41, 5.74) is -0.0338. The third-order valence-electron chi connectivity index (χ3n) is 4.13. The van der Waals surface area contributed by atoms with E-state index in [2.05, 4.69) is 9.97 Å². The van der Waals surface area contributed by atoms with Crippen molar-refractivity contribution in [3.63, 3.8) is 0 Å². The molecular weight excluding hydrogens is 396 g/mol. The number of hydrogen-bond donors (Lipinski definition) is 1. The summed E-state index contributed by atoms with van der Waals surface area (Å²) in [6.07, 6.45) is 0.621. The summed E-state index contributed by atoms with van der Waals surface area (Å²) in [6.45, 7) is 3.61. The molecule has 30 heavy (non-hydrogen) atoms. The van der Waals surface area contributed by atoms with E-state index in [1.165, 1.54) is 32.4 Å². The first-order chi connectivity index (χ1) is 14.4. The number of furan rings is 1. The highest BCUT2D eigenvalue weighted by Gasteiger charge is 2.28. The van der Waals surface area contributed by atoms with Gasteiger partial charge >= 0.3 is 17.9 Å². The van der Waals surface area contributed by atoms with Crippen LogP contribution < -0.4 is 14.2 Å². The van der Waals surface area contributed by atoms with Gasteiger partial charge in [-0.2, -0.15) is 9.97 Å². The van der Waals surface area contributed by atoms with Crippen LogP contribution in [-0.2, 0) is 4.74 Å². The van der Waals surface area contributed by atoms with E-state index in [1.807, 2.05) is 6.92 Å². The molecule has 0 amide bonds. The molecule has 0 bridgehead atoms. The number of rotatable bonds is 8. The molecule has 10 heteroatoms. The molecule has 0 unspecified atom stereocenters. The molecule has 3 rings (SSSR count). The van der Waals surface area contributed by atoms with E-state index in [9.17, 15) is 14.7 Å². The minimum absolute atomic E-state index is 0.0328. The molecule has 0 fully saturated rings. The number of benzene rings is 1. The van der Waals surface area contributed by atoms with Gasteiger partial charge in [-0.15, -0.1) is 0 Å². The third kappa shape index (κ3) is 3.97. The number of hydrogen-bond acceptors (Lipinski definition) is 9. The lowest BCUT2D eigenvalue weighted by Crippen LogP contribution is -2.09. The maximum Gasteiger partial charge on any atom is 0.342 e. The largest absolute Gasteiger partial charge is 0.481 e. The molecule has 0 radical (unpaired) electrons. The molecule has 0 spiro atoms. The molecule has 2 aromatic heterocycles. The Balaban J connectivity index is 2.16. The number of aryl methyl sites for hydroxylation is 1. The Hall–Kier alpha value is -3.82. The van der Waals surface area contributed by atoms with Crippen LogP contribution in [0.15, 0.2) is 22.6 Å². The van der Waals surface area contributed by atoms with Gasteiger partial charge in [-0.05, 0) is 25.5 Å². The standard InChI is InChI=1S/C20H20N2O8/c1-5-8-28-19(25)15-10(2)29-11-6-7-12(17(16(11)15)18(23)24)30-20-21-13(26-3)9-14(22-20)27-4/h6-7,9H,5,8H2,1-4H3,(H,23,24). The Morgan fingerprint density at radius 3 is 2.33 bits per heavy atom. The molecule has 10 nitrogen and oxygen atoms in total. The lowest BCUT2D eigenvalue weighted by Gasteiger charge is -2.10. The van der Waals surface area contributed by atoms with Crippen LogP contribution >= 0.6 is 0 Å². The number of carbonyl (C=O) groups excluding carboxylic acids is 1. The molecule has 158 valence electrons. The first kappa shape index (κ1) is 20.9. The molecule has 1 aromatic carbocycles. The Labute approximate surface area is 171 Å². The van der Waals surface area contributed by atoms with E-state index in [4.69, 9.17) is 23.4 Å². The predicted octanol–water partition coefficient (Wildman–Crippen LogP) is 3.61. The van der Waals surface area contributed by atoms with Gasteiger partial charge in [-0.25, -0.2) is 9.59 Å². The highest BCUT2D eigenvalue weighted by molar-refractivity contribution is 6.14. The van der Waals surface area contributed by atoms with E-state index in [0.717, 1.165) is 0 Å². The van der Waals surface area contributed by atoms with Crippen molar-refractivity contribution < 1.29 is 38.1 Å². The number of methoxy groups -OCH3 is 2. The first-order valence-corrected chi connectivity index (χ1v) is 9.01. The maximum absolute atomic E-state index is 12.5. The number of aromatic nitrogens is 2. The zero-order valence-electron chi connectivity index (χ0n) is 16.8. The van der Waals surface area contributed by atoms with Gasteiger partial charge < -0.3 is 28.5 Å². The number of fused-ring (bicyclic) bond motifs is 1. The first-order valence-electron chi connectivity index (χ1n) is 9.01. The molecular formula is C20H20N2O8. The van der Waals surface area contributed by atoms with Crippen LogP contribution in [0.25, 0.3) is 11.0 Å². The Bertz CT molecular complexity index is 1080. The maximum atomic E-state index is 12.5. The van der Waals surface area contributed by atoms with Crippen molar-refractivity contribution in [3.8, 4) is 23.5 Å². The van der Waals surface area contributed by atoms with Crippen molar-refractivity contribution in [1.29, 1.82) is 0 Å². The van der Waals surface area contributed by atoms with Crippen LogP contribution in [0.2, 0.25) is 0 Å². The number of carboxylic acid groups (broad SMARTS) is 1. The zero-order valence-corrected chi connectivity index (χ0v) is 16.8. The molecule has 0 saturated carbocycles. The number of aromatic carboxylic acids is 1. The summed E-state index contributed by atoms with van der Waals surface area (Å²) in [6, 6.07) is 4.14. The quantitative estimate of drug-likeness (QED) is 0.543. The summed E-state index contributed by atoms with van der Waals surface area (Å²) in [7, 11) is 2.81. The van der Waals surface area contributed by atoms with Crippen molar-refractivity contribution in [2.24, 2.45) is 0 Å². The molecule has 0 aliphatic carbocycles. The number of carbonyl (C=O) groups is 2. The Morgan fingerprint density at radius 2 is 1.77 bits per heavy atom. The molecule has 0 saturated heterocycles. The van der Waals surface area contributed by atoms with Crippen LogP contribution in [-0.4, -0.2) is 47.8 Å². The number of ether oxygens (including phenoxy) is 4. The highest BCUT2D eigenvalue weighted by Crippen LogP contribution is 2.36. The van der Waals surface area contributed by atoms with Crippen LogP contribution in [0.3, 0.4) is 0 Å². The molecule has 0 aliphatic rings. The van der Waals surface area contributed by atoms with Crippen molar-refractivity contribution in [2.75, 3.05) is 20.8 Å². The predicted molar refractivity (Wildman–Crippen MR) is 104 cm³/mol. The Morgan fingerprint density at radius 1 is 1.10 bits per heavy atom. The smallest absolute Gasteiger partial charge is 0.342 e. The summed E-state index contributed by atoms with van der Waals surface area (Å²) < 4.78 is 26.5. The molecule has 0 aliphatic heterocycles. The van der Waals surface area contributed by atoms with Crippen molar-refractivity contribution >= 4 is 22.9 Å². The topological polar surface area (TPSA) is 130 Å². The van der Waals surface area contributed by atoms with Crippen LogP contribution in [0.5, 0.6) is 23.5 Å². The summed E-state index contributed by atoms with van der Waals surface area (Å²) in [5, 5.41) is 9.95. The van der Waals surface area contributed by atoms with Crippen LogP contribution in [0.1, 0.15) is 39.8 Å². The SMILES string of the molecule is CCCOC(=O)c1c(C)oc2ccc(Oc3nc(OC)cc(OC)n3)c(C(=O)O)c12. The van der Waals surface area contributed by atoms with Gasteiger partial charge in [0.05, 0.1) is 32.3 Å². The van der Waals surface area contributed by atoms with E-state index < -0.39 is 11.9 Å². The average Bonchev–Trinajstić information content (AvgIpc) is 3.06. The summed E-state index contributed by atoms with van der Waals surface area (Å²) >= 11 is 0. The fourth-order valence-corrected chi connectivity index (χ4v) is 2.84. The van der Waals surface area contributed by atoms with E-state index in [0.29, 0.717) is 6.42 Å². The van der Waals surface area contributed by atoms with Crippen molar-refractivity contribution in [2.45, 2.75) is 20.3 Å². The molecule has 2 heterocycles. The summed E-state index contributed by atoms with van der Waals surface area (Å²) in [4.78, 5) is 32.7. The highest BCUT2D eigenvalue weighted by atomic mass is 16.5. The lowest BCUT2D eigenvalue weighted by atomic mass is 10.0. The molecule has 0 atom stereocenters. The van der Waals surface area contributed by atoms with E-state index in [-0.39, 0.29) is 58.0 Å². The van der Waals surface area contributed by atoms with Crippen LogP contribution in [0, 0.1) is 6.92 Å². The number of esters is 1. The van der Waals surface area contributed by atoms with E-state index in [1.54, 1.807) is 6.92 Å². The second kappa shape index (κ2) is 8.68. The van der Waals surface area contributed by atoms with Gasteiger partial charge in [-0.3, -0.25) is 0 Å². The zero-order chi connectivity index (χ0) is 21.8. The van der Waals surface area contributed by atoms with Crippen molar-refractivity contribution in [3.05, 3.63) is 35.1 Å². The minimum Gasteiger partial charge on any atom is -0.481 e. The van der Waals surface area contributed by atoms with Crippen LogP contribution in [0.4, 0.5) is 0 Å². The molecule has 3 aromatic rings. The second-order valence-corrected chi connectivity index (χ2v) is 6.12. The van der Waals surface area contributed by atoms with Crippen molar-refractivity contribution in [1.82, 2.24) is 9.97 Å². The second-order valence-electron chi connectivity index (χ2n) is 6.12. The fraction of sp³-hybridized carbons (Fsp3) is 0.300. The number of nitrogens with zero attached hydrogens (tertiary/aromatic N) is 2. The van der Waals surface area contributed by atoms with Gasteiger partial charge in [0, 0.05) is 0 Å². The lowest BCUT2D eigenvalue weighted by molar-refractivity contribution is 0.0505. The molecule has 1 N–H and O–H groups in total. The normalized spacial score (nSPS) is 10.7. The fourth-order valence-electron chi connectivity index (χ4n) is 2.84. The van der Waals surface area contributed by atoms with Gasteiger partial charge in [0.15, 0.2) is 0 Å². The minimum atomic E-state index is -1.32. The Kier molecular flexibility index (Phi) is 6.05. The van der Waals surface area contributed by atoms with Gasteiger partial charge in [0.1, 0.15) is 28.2 Å². The van der Waals surface area contributed by atoms with E-state index >= 15 is 0 Å². The average molecular weight is 416 g/mol. The third-order valence-corrected chi connectivity index (χ3v) is 4.13.